The zero-order valence-electron chi connectivity index (χ0n) is 17.1. The number of alkyl halides is 3. The molecule has 2 aromatic carbocycles. The van der Waals surface area contributed by atoms with Gasteiger partial charge in [0.05, 0.1) is 11.7 Å². The van der Waals surface area contributed by atoms with Crippen LogP contribution in [0, 0.1) is 0 Å². The second kappa shape index (κ2) is 9.18. The van der Waals surface area contributed by atoms with Crippen LogP contribution in [0.5, 0.6) is 5.75 Å². The topological polar surface area (TPSA) is 42.0 Å². The smallest absolute Gasteiger partial charge is 0.416 e. The van der Waals surface area contributed by atoms with E-state index < -0.39 is 11.7 Å². The molecule has 0 saturated carbocycles. The van der Waals surface area contributed by atoms with Crippen LogP contribution in [0.25, 0.3) is 0 Å². The number of halogens is 3. The summed E-state index contributed by atoms with van der Waals surface area (Å²) in [4.78, 5) is 16.4. The molecule has 0 spiro atoms. The largest absolute Gasteiger partial charge is 0.491 e. The Bertz CT molecular complexity index is 888. The van der Waals surface area contributed by atoms with E-state index in [-0.39, 0.29) is 12.0 Å². The molecule has 2 fully saturated rings. The maximum Gasteiger partial charge on any atom is 0.416 e. The Morgan fingerprint density at radius 2 is 1.81 bits per heavy atom. The first kappa shape index (κ1) is 21.5. The fourth-order valence-electron chi connectivity index (χ4n) is 3.89. The van der Waals surface area contributed by atoms with Crippen LogP contribution >= 0.6 is 0 Å². The van der Waals surface area contributed by atoms with E-state index in [1.165, 1.54) is 6.07 Å². The van der Waals surface area contributed by atoms with Crippen molar-refractivity contribution in [2.24, 2.45) is 0 Å². The molecule has 2 aliphatic rings. The summed E-state index contributed by atoms with van der Waals surface area (Å²) in [6, 6.07) is 12.4. The molecule has 2 aliphatic heterocycles. The van der Waals surface area contributed by atoms with Gasteiger partial charge in [-0.2, -0.15) is 13.2 Å². The Labute approximate surface area is 179 Å². The predicted molar refractivity (Wildman–Crippen MR) is 110 cm³/mol. The molecule has 0 radical (unpaired) electrons. The lowest BCUT2D eigenvalue weighted by atomic mass is 10.1. The molecule has 1 atom stereocenters. The number of nitrogens with zero attached hydrogens (tertiary/aromatic N) is 2. The second-order valence-electron chi connectivity index (χ2n) is 7.80. The van der Waals surface area contributed by atoms with Gasteiger partial charge >= 0.3 is 6.18 Å². The quantitative estimate of drug-likeness (QED) is 0.707. The minimum absolute atomic E-state index is 0.0885. The monoisotopic (exact) mass is 434 g/mol. The molecule has 2 aromatic rings. The molecule has 0 N–H and O–H groups in total. The van der Waals surface area contributed by atoms with Gasteiger partial charge in [-0.25, -0.2) is 0 Å². The van der Waals surface area contributed by atoms with Crippen LogP contribution in [0.15, 0.2) is 48.5 Å². The summed E-state index contributed by atoms with van der Waals surface area (Å²) in [5.74, 6) is 0.607. The van der Waals surface area contributed by atoms with Crippen molar-refractivity contribution >= 4 is 11.6 Å². The lowest BCUT2D eigenvalue weighted by Gasteiger charge is -2.36. The van der Waals surface area contributed by atoms with Crippen LogP contribution in [-0.4, -0.2) is 56.3 Å². The molecule has 166 valence electrons. The van der Waals surface area contributed by atoms with Crippen molar-refractivity contribution in [3.8, 4) is 5.75 Å². The Hall–Kier alpha value is -2.74. The molecule has 2 saturated heterocycles. The van der Waals surface area contributed by atoms with Crippen LogP contribution in [0.4, 0.5) is 18.9 Å². The van der Waals surface area contributed by atoms with Crippen molar-refractivity contribution in [3.63, 3.8) is 0 Å². The van der Waals surface area contributed by atoms with Gasteiger partial charge in [0.25, 0.3) is 5.91 Å². The average molecular weight is 434 g/mol. The van der Waals surface area contributed by atoms with E-state index in [1.807, 2.05) is 4.90 Å². The molecule has 1 amide bonds. The number of hydrogen-bond acceptors (Lipinski definition) is 4. The number of hydrogen-bond donors (Lipinski definition) is 0. The molecule has 4 rings (SSSR count). The SMILES string of the molecule is O=C(c1ccc(OCC2CCCO2)cc1)N1CCN(c2cccc(C(F)(F)F)c2)CC1. The molecule has 1 unspecified atom stereocenters. The molecule has 0 aromatic heterocycles. The van der Waals surface area contributed by atoms with Crippen LogP contribution in [0.3, 0.4) is 0 Å². The molecule has 31 heavy (non-hydrogen) atoms. The number of ether oxygens (including phenoxy) is 2. The zero-order chi connectivity index (χ0) is 21.8. The first-order chi connectivity index (χ1) is 14.9. The number of piperazine rings is 1. The minimum Gasteiger partial charge on any atom is -0.491 e. The van der Waals surface area contributed by atoms with Crippen LogP contribution in [-0.2, 0) is 10.9 Å². The van der Waals surface area contributed by atoms with E-state index in [0.29, 0.717) is 49.8 Å². The highest BCUT2D eigenvalue weighted by Gasteiger charge is 2.31. The van der Waals surface area contributed by atoms with Crippen molar-refractivity contribution in [3.05, 3.63) is 59.7 Å². The first-order valence-corrected chi connectivity index (χ1v) is 10.5. The highest BCUT2D eigenvalue weighted by molar-refractivity contribution is 5.94. The number of carbonyl (C=O) groups is 1. The fraction of sp³-hybridized carbons (Fsp3) is 0.435. The molecule has 8 heteroatoms. The maximum atomic E-state index is 13.0. The van der Waals surface area contributed by atoms with Crippen molar-refractivity contribution in [2.45, 2.75) is 25.1 Å². The standard InChI is InChI=1S/C23H25F3N2O3/c24-23(25,26)18-3-1-4-19(15-18)27-10-12-28(13-11-27)22(29)17-6-8-20(9-7-17)31-16-21-5-2-14-30-21/h1,3-4,6-9,15,21H,2,5,10-14,16H2. The highest BCUT2D eigenvalue weighted by atomic mass is 19.4. The maximum absolute atomic E-state index is 13.0. The van der Waals surface area contributed by atoms with Gasteiger partial charge in [-0.05, 0) is 55.3 Å². The summed E-state index contributed by atoms with van der Waals surface area (Å²) >= 11 is 0. The van der Waals surface area contributed by atoms with E-state index in [9.17, 15) is 18.0 Å². The van der Waals surface area contributed by atoms with E-state index in [2.05, 4.69) is 0 Å². The molecule has 0 bridgehead atoms. The van der Waals surface area contributed by atoms with Gasteiger partial charge < -0.3 is 19.3 Å². The van der Waals surface area contributed by atoms with E-state index in [0.717, 1.165) is 31.6 Å². The zero-order valence-corrected chi connectivity index (χ0v) is 17.1. The van der Waals surface area contributed by atoms with Gasteiger partial charge in [0.1, 0.15) is 12.4 Å². The molecular weight excluding hydrogens is 409 g/mol. The number of carbonyl (C=O) groups excluding carboxylic acids is 1. The molecular formula is C23H25F3N2O3. The van der Waals surface area contributed by atoms with Crippen molar-refractivity contribution in [2.75, 3.05) is 44.3 Å². The van der Waals surface area contributed by atoms with Crippen LogP contribution in [0.2, 0.25) is 0 Å². The normalized spacial score (nSPS) is 19.5. The number of benzene rings is 2. The third kappa shape index (κ3) is 5.31. The van der Waals surface area contributed by atoms with Gasteiger partial charge in [0, 0.05) is 44.0 Å². The lowest BCUT2D eigenvalue weighted by molar-refractivity contribution is -0.137. The molecule has 5 nitrogen and oxygen atoms in total. The summed E-state index contributed by atoms with van der Waals surface area (Å²) in [5.41, 5.74) is 0.428. The van der Waals surface area contributed by atoms with Gasteiger partial charge in [-0.3, -0.25) is 4.79 Å². The number of amides is 1. The Morgan fingerprint density at radius 1 is 1.06 bits per heavy atom. The van der Waals surface area contributed by atoms with E-state index in [1.54, 1.807) is 35.2 Å². The molecule has 0 aliphatic carbocycles. The summed E-state index contributed by atoms with van der Waals surface area (Å²) in [6.45, 7) is 3.15. The van der Waals surface area contributed by atoms with Crippen molar-refractivity contribution in [1.29, 1.82) is 0 Å². The summed E-state index contributed by atoms with van der Waals surface area (Å²) in [5, 5.41) is 0. The highest BCUT2D eigenvalue weighted by Crippen LogP contribution is 2.32. The third-order valence-corrected chi connectivity index (χ3v) is 5.67. The van der Waals surface area contributed by atoms with Gasteiger partial charge in [0.15, 0.2) is 0 Å². The van der Waals surface area contributed by atoms with Crippen LogP contribution < -0.4 is 9.64 Å². The minimum atomic E-state index is -4.37. The average Bonchev–Trinajstić information content (AvgIpc) is 3.31. The van der Waals surface area contributed by atoms with Gasteiger partial charge in [-0.1, -0.05) is 6.07 Å². The Kier molecular flexibility index (Phi) is 6.36. The first-order valence-electron chi connectivity index (χ1n) is 10.5. The van der Waals surface area contributed by atoms with Crippen molar-refractivity contribution < 1.29 is 27.4 Å². The second-order valence-corrected chi connectivity index (χ2v) is 7.80. The summed E-state index contributed by atoms with van der Waals surface area (Å²) < 4.78 is 50.1. The number of anilines is 1. The lowest BCUT2D eigenvalue weighted by Crippen LogP contribution is -2.48. The Morgan fingerprint density at radius 3 is 2.45 bits per heavy atom. The van der Waals surface area contributed by atoms with Gasteiger partial charge in [0.2, 0.25) is 0 Å². The van der Waals surface area contributed by atoms with E-state index in [4.69, 9.17) is 9.47 Å². The van der Waals surface area contributed by atoms with Gasteiger partial charge in [-0.15, -0.1) is 0 Å². The predicted octanol–water partition coefficient (Wildman–Crippen LogP) is 4.23. The summed E-state index contributed by atoms with van der Waals surface area (Å²) in [6.07, 6.45) is -2.17. The summed E-state index contributed by atoms with van der Waals surface area (Å²) in [7, 11) is 0. The van der Waals surface area contributed by atoms with E-state index >= 15 is 0 Å². The molecule has 2 heterocycles. The van der Waals surface area contributed by atoms with Crippen molar-refractivity contribution in [1.82, 2.24) is 4.90 Å². The number of rotatable bonds is 5. The Balaban J connectivity index is 1.31. The van der Waals surface area contributed by atoms with Crippen LogP contribution in [0.1, 0.15) is 28.8 Å². The fourth-order valence-corrected chi connectivity index (χ4v) is 3.89. The third-order valence-electron chi connectivity index (χ3n) is 5.67.